The largest absolute Gasteiger partial charge is 0.416 e. The number of aromatic nitrogens is 1. The van der Waals surface area contributed by atoms with E-state index in [9.17, 15) is 26.4 Å². The number of sulfonamides is 1. The lowest BCUT2D eigenvalue weighted by Gasteiger charge is -2.10. The predicted octanol–water partition coefficient (Wildman–Crippen LogP) is 3.90. The molecule has 0 atom stereocenters. The molecule has 0 fully saturated rings. The number of urea groups is 1. The van der Waals surface area contributed by atoms with Crippen molar-refractivity contribution in [2.45, 2.75) is 24.2 Å². The van der Waals surface area contributed by atoms with Gasteiger partial charge in [0, 0.05) is 31.2 Å². The minimum Gasteiger partial charge on any atom is -0.334 e. The normalized spacial score (nSPS) is 11.7. The smallest absolute Gasteiger partial charge is 0.334 e. The Morgan fingerprint density at radius 1 is 0.844 bits per heavy atom. The molecule has 3 aromatic rings. The zero-order chi connectivity index (χ0) is 23.2. The molecule has 0 bridgehead atoms. The van der Waals surface area contributed by atoms with Gasteiger partial charge in [0.1, 0.15) is 0 Å². The monoisotopic (exact) mass is 464 g/mol. The van der Waals surface area contributed by atoms with E-state index < -0.39 is 27.8 Å². The number of alkyl halides is 3. The number of carbonyl (C=O) groups excluding carboxylic acids is 1. The first kappa shape index (κ1) is 23.2. The quantitative estimate of drug-likeness (QED) is 0.494. The maximum atomic E-state index is 12.6. The third kappa shape index (κ3) is 6.53. The highest BCUT2D eigenvalue weighted by atomic mass is 32.2. The summed E-state index contributed by atoms with van der Waals surface area (Å²) in [7, 11) is -3.89. The fourth-order valence-corrected chi connectivity index (χ4v) is 3.67. The van der Waals surface area contributed by atoms with Crippen LogP contribution in [0.1, 0.15) is 16.7 Å². The molecular formula is C21H19F3N4O3S. The molecule has 0 aliphatic rings. The summed E-state index contributed by atoms with van der Waals surface area (Å²) < 4.78 is 65.0. The number of carbonyl (C=O) groups is 1. The number of amides is 2. The topological polar surface area (TPSA) is 100 Å². The van der Waals surface area contributed by atoms with Gasteiger partial charge in [0.05, 0.1) is 10.5 Å². The second-order valence-electron chi connectivity index (χ2n) is 6.71. The number of hydrogen-bond donors (Lipinski definition) is 3. The molecule has 0 aliphatic heterocycles. The molecule has 2 aromatic carbocycles. The standard InChI is InChI=1S/C21H19F3N4O3S/c22-21(23,24)17-3-1-15(2-4-17)14-27-32(30,31)19-7-5-18(6-8-19)28-20(29)26-13-16-9-11-25-12-10-16/h1-12,27H,13-14H2,(H2,26,28,29). The molecule has 7 nitrogen and oxygen atoms in total. The first-order valence-electron chi connectivity index (χ1n) is 9.33. The SMILES string of the molecule is O=C(NCc1ccncc1)Nc1ccc(S(=O)(=O)NCc2ccc(C(F)(F)F)cc2)cc1. The third-order valence-electron chi connectivity index (χ3n) is 4.37. The maximum absolute atomic E-state index is 12.6. The van der Waals surface area contributed by atoms with E-state index in [1.165, 1.54) is 36.4 Å². The van der Waals surface area contributed by atoms with E-state index in [0.717, 1.165) is 17.7 Å². The van der Waals surface area contributed by atoms with E-state index in [2.05, 4.69) is 20.3 Å². The van der Waals surface area contributed by atoms with Gasteiger partial charge >= 0.3 is 12.2 Å². The first-order valence-corrected chi connectivity index (χ1v) is 10.8. The lowest BCUT2D eigenvalue weighted by atomic mass is 10.1. The molecule has 11 heteroatoms. The van der Waals surface area contributed by atoms with Crippen LogP contribution in [-0.4, -0.2) is 19.4 Å². The summed E-state index contributed by atoms with van der Waals surface area (Å²) in [6.45, 7) is 0.132. The fourth-order valence-electron chi connectivity index (χ4n) is 2.65. The highest BCUT2D eigenvalue weighted by molar-refractivity contribution is 7.89. The van der Waals surface area contributed by atoms with E-state index in [0.29, 0.717) is 17.8 Å². The Labute approximate surface area is 182 Å². The van der Waals surface area contributed by atoms with Crippen molar-refractivity contribution in [3.05, 3.63) is 89.7 Å². The van der Waals surface area contributed by atoms with E-state index in [-0.39, 0.29) is 11.4 Å². The Hall–Kier alpha value is -3.44. The number of benzene rings is 2. The van der Waals surface area contributed by atoms with Crippen molar-refractivity contribution in [2.75, 3.05) is 5.32 Å². The Kier molecular flexibility index (Phi) is 7.11. The van der Waals surface area contributed by atoms with E-state index in [4.69, 9.17) is 0 Å². The van der Waals surface area contributed by atoms with Gasteiger partial charge in [-0.1, -0.05) is 12.1 Å². The van der Waals surface area contributed by atoms with Gasteiger partial charge in [-0.25, -0.2) is 17.9 Å². The highest BCUT2D eigenvalue weighted by Gasteiger charge is 2.29. The van der Waals surface area contributed by atoms with Gasteiger partial charge in [-0.05, 0) is 59.7 Å². The predicted molar refractivity (Wildman–Crippen MR) is 112 cm³/mol. The van der Waals surface area contributed by atoms with Crippen molar-refractivity contribution in [3.8, 4) is 0 Å². The number of pyridine rings is 1. The van der Waals surface area contributed by atoms with Crippen LogP contribution < -0.4 is 15.4 Å². The molecule has 168 valence electrons. The van der Waals surface area contributed by atoms with Gasteiger partial charge in [-0.15, -0.1) is 0 Å². The van der Waals surface area contributed by atoms with Crippen molar-refractivity contribution < 1.29 is 26.4 Å². The average molecular weight is 464 g/mol. The molecule has 32 heavy (non-hydrogen) atoms. The molecule has 0 aliphatic carbocycles. The number of nitrogens with zero attached hydrogens (tertiary/aromatic N) is 1. The van der Waals surface area contributed by atoms with Crippen LogP contribution in [0.25, 0.3) is 0 Å². The minimum absolute atomic E-state index is 0.0489. The molecule has 0 saturated carbocycles. The lowest BCUT2D eigenvalue weighted by Crippen LogP contribution is -2.28. The van der Waals surface area contributed by atoms with Crippen LogP contribution in [0.4, 0.5) is 23.7 Å². The molecule has 3 rings (SSSR count). The minimum atomic E-state index is -4.45. The molecule has 2 amide bonds. The van der Waals surface area contributed by atoms with Crippen LogP contribution in [0.2, 0.25) is 0 Å². The highest BCUT2D eigenvalue weighted by Crippen LogP contribution is 2.29. The van der Waals surface area contributed by atoms with E-state index >= 15 is 0 Å². The van der Waals surface area contributed by atoms with Crippen molar-refractivity contribution in [3.63, 3.8) is 0 Å². The Balaban J connectivity index is 1.54. The fraction of sp³-hybridized carbons (Fsp3) is 0.143. The molecule has 1 aromatic heterocycles. The van der Waals surface area contributed by atoms with Crippen LogP contribution in [0.3, 0.4) is 0 Å². The van der Waals surface area contributed by atoms with Crippen LogP contribution in [0, 0.1) is 0 Å². The molecule has 0 saturated heterocycles. The van der Waals surface area contributed by atoms with Gasteiger partial charge < -0.3 is 10.6 Å². The van der Waals surface area contributed by atoms with Crippen molar-refractivity contribution in [1.82, 2.24) is 15.0 Å². The summed E-state index contributed by atoms with van der Waals surface area (Å²) in [5.41, 5.74) is 0.831. The van der Waals surface area contributed by atoms with E-state index in [1.54, 1.807) is 24.5 Å². The van der Waals surface area contributed by atoms with Gasteiger partial charge in [0.25, 0.3) is 0 Å². The number of halogens is 3. The second-order valence-corrected chi connectivity index (χ2v) is 8.47. The van der Waals surface area contributed by atoms with E-state index in [1.807, 2.05) is 0 Å². The lowest BCUT2D eigenvalue weighted by molar-refractivity contribution is -0.137. The summed E-state index contributed by atoms with van der Waals surface area (Å²) >= 11 is 0. The molecular weight excluding hydrogens is 445 g/mol. The summed E-state index contributed by atoms with van der Waals surface area (Å²) in [4.78, 5) is 15.8. The van der Waals surface area contributed by atoms with Crippen LogP contribution in [0.15, 0.2) is 78.0 Å². The summed E-state index contributed by atoms with van der Waals surface area (Å²) in [5.74, 6) is 0. The Bertz CT molecular complexity index is 1150. The summed E-state index contributed by atoms with van der Waals surface area (Å²) in [5, 5.41) is 5.26. The van der Waals surface area contributed by atoms with Crippen molar-refractivity contribution in [1.29, 1.82) is 0 Å². The molecule has 3 N–H and O–H groups in total. The van der Waals surface area contributed by atoms with Crippen molar-refractivity contribution >= 4 is 21.7 Å². The Morgan fingerprint density at radius 3 is 2.03 bits per heavy atom. The van der Waals surface area contributed by atoms with Gasteiger partial charge in [0.2, 0.25) is 10.0 Å². The maximum Gasteiger partial charge on any atom is 0.416 e. The number of rotatable bonds is 7. The third-order valence-corrected chi connectivity index (χ3v) is 5.79. The zero-order valence-electron chi connectivity index (χ0n) is 16.6. The van der Waals surface area contributed by atoms with Gasteiger partial charge in [0.15, 0.2) is 0 Å². The zero-order valence-corrected chi connectivity index (χ0v) is 17.4. The average Bonchev–Trinajstić information content (AvgIpc) is 2.77. The van der Waals surface area contributed by atoms with Gasteiger partial charge in [-0.3, -0.25) is 4.98 Å². The van der Waals surface area contributed by atoms with Crippen molar-refractivity contribution in [2.24, 2.45) is 0 Å². The summed E-state index contributed by atoms with van der Waals surface area (Å²) in [6.07, 6.45) is -1.23. The Morgan fingerprint density at radius 2 is 1.44 bits per heavy atom. The summed E-state index contributed by atoms with van der Waals surface area (Å²) in [6, 6.07) is 12.8. The second kappa shape index (κ2) is 9.79. The molecule has 0 unspecified atom stereocenters. The molecule has 0 spiro atoms. The number of nitrogens with one attached hydrogen (secondary N) is 3. The van der Waals surface area contributed by atoms with Gasteiger partial charge in [-0.2, -0.15) is 13.2 Å². The van der Waals surface area contributed by atoms with Crippen LogP contribution >= 0.6 is 0 Å². The molecule has 1 heterocycles. The number of anilines is 1. The van der Waals surface area contributed by atoms with Crippen LogP contribution in [-0.2, 0) is 29.3 Å². The van der Waals surface area contributed by atoms with Crippen LogP contribution in [0.5, 0.6) is 0 Å². The molecule has 0 radical (unpaired) electrons. The first-order chi connectivity index (χ1) is 15.1. The number of hydrogen-bond acceptors (Lipinski definition) is 4.